The lowest BCUT2D eigenvalue weighted by Gasteiger charge is -2.40. The number of aromatic nitrogens is 2. The van der Waals surface area contributed by atoms with Crippen LogP contribution >= 0.6 is 0 Å². The largest absolute Gasteiger partial charge is 0.497 e. The Balaban J connectivity index is 1.62. The van der Waals surface area contributed by atoms with E-state index in [4.69, 9.17) is 20.2 Å². The van der Waals surface area contributed by atoms with E-state index in [2.05, 4.69) is 5.32 Å². The molecular formula is C33H38FN7O5. The van der Waals surface area contributed by atoms with E-state index < -0.39 is 23.4 Å². The van der Waals surface area contributed by atoms with Crippen molar-refractivity contribution in [1.82, 2.24) is 14.6 Å². The predicted molar refractivity (Wildman–Crippen MR) is 175 cm³/mol. The summed E-state index contributed by atoms with van der Waals surface area (Å²) in [6.07, 6.45) is 0. The standard InChI is InChI=1S/C33H38FN7O5/c1-21(40(27-15-14-24(45-4)20-28(27)46-5)32(44)36-23-12-10-22(34)11-13-23)29-37-26-9-7-6-8-25(26)30(42)41(29)39-18-16-38(17-19-39)31(43)33(2,3)35/h6-15,20-21H,16-19,35H2,1-5H3,(H,36,44). The Bertz CT molecular complexity index is 1800. The molecule has 1 saturated heterocycles. The maximum atomic E-state index is 14.2. The van der Waals surface area contributed by atoms with Crippen LogP contribution in [-0.4, -0.2) is 72.4 Å². The summed E-state index contributed by atoms with van der Waals surface area (Å²) in [5, 5.41) is 5.07. The number of urea groups is 1. The highest BCUT2D eigenvalue weighted by Gasteiger charge is 2.34. The third kappa shape index (κ3) is 6.45. The zero-order valence-corrected chi connectivity index (χ0v) is 26.5. The number of benzene rings is 3. The fourth-order valence-electron chi connectivity index (χ4n) is 5.50. The Morgan fingerprint density at radius 1 is 1.00 bits per heavy atom. The van der Waals surface area contributed by atoms with E-state index in [1.54, 1.807) is 68.1 Å². The number of hydrogen-bond acceptors (Lipinski definition) is 8. The Morgan fingerprint density at radius 2 is 1.67 bits per heavy atom. The highest BCUT2D eigenvalue weighted by molar-refractivity contribution is 6.03. The third-order valence-corrected chi connectivity index (χ3v) is 7.88. The van der Waals surface area contributed by atoms with Crippen LogP contribution in [0.2, 0.25) is 0 Å². The first-order chi connectivity index (χ1) is 21.9. The molecule has 4 aromatic rings. The van der Waals surface area contributed by atoms with Crippen molar-refractivity contribution in [3.63, 3.8) is 0 Å². The van der Waals surface area contributed by atoms with Crippen LogP contribution in [0.25, 0.3) is 10.9 Å². The second-order valence-electron chi connectivity index (χ2n) is 11.6. The smallest absolute Gasteiger partial charge is 0.327 e. The van der Waals surface area contributed by atoms with Crippen molar-refractivity contribution in [1.29, 1.82) is 0 Å². The molecule has 2 heterocycles. The lowest BCUT2D eigenvalue weighted by Crippen LogP contribution is -2.60. The molecule has 1 aromatic heterocycles. The summed E-state index contributed by atoms with van der Waals surface area (Å²) in [6, 6.07) is 16.0. The minimum Gasteiger partial charge on any atom is -0.497 e. The SMILES string of the molecule is COc1ccc(N(C(=O)Nc2ccc(F)cc2)C(C)c2nc3ccccc3c(=O)n2N2CCN(C(=O)C(C)(C)N)CC2)c(OC)c1. The van der Waals surface area contributed by atoms with E-state index >= 15 is 0 Å². The summed E-state index contributed by atoms with van der Waals surface area (Å²) in [4.78, 5) is 49.2. The molecule has 3 aromatic carbocycles. The Morgan fingerprint density at radius 3 is 2.30 bits per heavy atom. The van der Waals surface area contributed by atoms with Gasteiger partial charge in [-0.2, -0.15) is 0 Å². The Hall–Kier alpha value is -5.17. The van der Waals surface area contributed by atoms with Gasteiger partial charge >= 0.3 is 6.03 Å². The molecule has 12 nitrogen and oxygen atoms in total. The number of rotatable bonds is 8. The van der Waals surface area contributed by atoms with Gasteiger partial charge in [0.15, 0.2) is 5.82 Å². The maximum absolute atomic E-state index is 14.2. The summed E-state index contributed by atoms with van der Waals surface area (Å²) in [5.74, 6) is 0.517. The van der Waals surface area contributed by atoms with Crippen molar-refractivity contribution >= 4 is 34.2 Å². The van der Waals surface area contributed by atoms with Crippen molar-refractivity contribution < 1.29 is 23.5 Å². The molecule has 3 amide bonds. The minimum atomic E-state index is -1.03. The number of hydrogen-bond donors (Lipinski definition) is 2. The second-order valence-corrected chi connectivity index (χ2v) is 11.6. The van der Waals surface area contributed by atoms with Gasteiger partial charge in [0, 0.05) is 24.8 Å². The number of halogens is 1. The Labute approximate surface area is 266 Å². The normalized spacial score (nSPS) is 14.2. The van der Waals surface area contributed by atoms with Crippen LogP contribution in [0.3, 0.4) is 0 Å². The molecule has 1 fully saturated rings. The molecule has 0 spiro atoms. The van der Waals surface area contributed by atoms with E-state index in [9.17, 15) is 18.8 Å². The van der Waals surface area contributed by atoms with Crippen LogP contribution in [0.4, 0.5) is 20.6 Å². The third-order valence-electron chi connectivity index (χ3n) is 7.88. The summed E-state index contributed by atoms with van der Waals surface area (Å²) in [7, 11) is 3.00. The quantitative estimate of drug-likeness (QED) is 0.299. The molecule has 5 rings (SSSR count). The topological polar surface area (TPSA) is 135 Å². The monoisotopic (exact) mass is 631 g/mol. The molecule has 1 atom stereocenters. The molecular weight excluding hydrogens is 593 g/mol. The first kappa shape index (κ1) is 32.2. The van der Waals surface area contributed by atoms with E-state index in [1.165, 1.54) is 48.1 Å². The predicted octanol–water partition coefficient (Wildman–Crippen LogP) is 3.87. The molecule has 0 radical (unpaired) electrons. The molecule has 1 aliphatic rings. The van der Waals surface area contributed by atoms with Gasteiger partial charge in [-0.25, -0.2) is 18.8 Å². The minimum absolute atomic E-state index is 0.181. The number of carbonyl (C=O) groups is 2. The average Bonchev–Trinajstić information content (AvgIpc) is 3.05. The van der Waals surface area contributed by atoms with Crippen molar-refractivity contribution in [3.8, 4) is 11.5 Å². The number of amides is 3. The van der Waals surface area contributed by atoms with Crippen molar-refractivity contribution in [3.05, 3.63) is 88.7 Å². The molecule has 46 heavy (non-hydrogen) atoms. The number of nitrogens with zero attached hydrogens (tertiary/aromatic N) is 5. The number of anilines is 2. The van der Waals surface area contributed by atoms with Crippen molar-refractivity contribution in [2.45, 2.75) is 32.4 Å². The number of ether oxygens (including phenoxy) is 2. The van der Waals surface area contributed by atoms with Crippen molar-refractivity contribution in [2.24, 2.45) is 5.73 Å². The molecule has 1 unspecified atom stereocenters. The Kier molecular flexibility index (Phi) is 9.15. The van der Waals surface area contributed by atoms with Crippen LogP contribution in [0, 0.1) is 5.82 Å². The molecule has 0 bridgehead atoms. The van der Waals surface area contributed by atoms with Gasteiger partial charge in [-0.3, -0.25) is 14.5 Å². The van der Waals surface area contributed by atoms with Gasteiger partial charge in [-0.1, -0.05) is 12.1 Å². The second kappa shape index (κ2) is 13.1. The van der Waals surface area contributed by atoms with Gasteiger partial charge in [0.1, 0.15) is 17.3 Å². The van der Waals surface area contributed by atoms with E-state index in [-0.39, 0.29) is 17.3 Å². The lowest BCUT2D eigenvalue weighted by atomic mass is 10.1. The molecule has 0 aliphatic carbocycles. The molecule has 1 aliphatic heterocycles. The molecule has 3 N–H and O–H groups in total. The van der Waals surface area contributed by atoms with E-state index in [1.807, 2.05) is 5.01 Å². The first-order valence-corrected chi connectivity index (χ1v) is 14.9. The van der Waals surface area contributed by atoms with E-state index in [0.29, 0.717) is 60.0 Å². The van der Waals surface area contributed by atoms with Crippen molar-refractivity contribution in [2.75, 3.05) is 55.6 Å². The lowest BCUT2D eigenvalue weighted by molar-refractivity contribution is -0.136. The van der Waals surface area contributed by atoms with Crippen LogP contribution < -0.4 is 36.0 Å². The number of para-hydroxylation sites is 1. The summed E-state index contributed by atoms with van der Waals surface area (Å²) in [5.41, 5.74) is 5.94. The van der Waals surface area contributed by atoms with Gasteiger partial charge in [0.2, 0.25) is 5.91 Å². The summed E-state index contributed by atoms with van der Waals surface area (Å²) >= 11 is 0. The average molecular weight is 632 g/mol. The highest BCUT2D eigenvalue weighted by Crippen LogP contribution is 2.37. The van der Waals surface area contributed by atoms with E-state index in [0.717, 1.165) is 0 Å². The van der Waals surface area contributed by atoms with Crippen LogP contribution in [-0.2, 0) is 4.79 Å². The van der Waals surface area contributed by atoms with Gasteiger partial charge in [0.05, 0.1) is 55.5 Å². The number of fused-ring (bicyclic) bond motifs is 1. The number of methoxy groups -OCH3 is 2. The zero-order chi connectivity index (χ0) is 33.2. The fourth-order valence-corrected chi connectivity index (χ4v) is 5.50. The zero-order valence-electron chi connectivity index (χ0n) is 26.5. The van der Waals surface area contributed by atoms with Gasteiger partial charge in [-0.15, -0.1) is 0 Å². The van der Waals surface area contributed by atoms with Crippen LogP contribution in [0.15, 0.2) is 71.5 Å². The molecule has 0 saturated carbocycles. The molecule has 242 valence electrons. The fraction of sp³-hybridized carbons (Fsp3) is 0.333. The van der Waals surface area contributed by atoms with Gasteiger partial charge in [-0.05, 0) is 69.3 Å². The number of carbonyl (C=O) groups excluding carboxylic acids is 2. The summed E-state index contributed by atoms with van der Waals surface area (Å²) in [6.45, 7) is 6.43. The number of piperazine rings is 1. The van der Waals surface area contributed by atoms with Gasteiger partial charge < -0.3 is 30.4 Å². The van der Waals surface area contributed by atoms with Crippen LogP contribution in [0.1, 0.15) is 32.6 Å². The van der Waals surface area contributed by atoms with Gasteiger partial charge in [0.25, 0.3) is 5.56 Å². The first-order valence-electron chi connectivity index (χ1n) is 14.9. The highest BCUT2D eigenvalue weighted by atomic mass is 19.1. The maximum Gasteiger partial charge on any atom is 0.327 e. The number of nitrogens with two attached hydrogens (primary N) is 1. The van der Waals surface area contributed by atoms with Crippen LogP contribution in [0.5, 0.6) is 11.5 Å². The summed E-state index contributed by atoms with van der Waals surface area (Å²) < 4.78 is 26.2. The molecule has 13 heteroatoms. The number of nitrogens with one attached hydrogen (secondary N) is 1.